The molecule has 2 aromatic carbocycles. The van der Waals surface area contributed by atoms with Crippen molar-refractivity contribution in [2.45, 2.75) is 12.8 Å². The molecule has 1 N–H and O–H groups in total. The fraction of sp³-hybridized carbons (Fsp3) is 0.304. The molecule has 2 aliphatic heterocycles. The van der Waals surface area contributed by atoms with Crippen molar-refractivity contribution in [3.05, 3.63) is 53.9 Å². The number of esters is 1. The number of amides is 1. The lowest BCUT2D eigenvalue weighted by atomic mass is 9.95. The van der Waals surface area contributed by atoms with Gasteiger partial charge < -0.3 is 24.4 Å². The zero-order valence-electron chi connectivity index (χ0n) is 17.1. The second-order valence-electron chi connectivity index (χ2n) is 7.35. The molecular formula is C23H23FN2O5. The van der Waals surface area contributed by atoms with E-state index in [1.54, 1.807) is 6.07 Å². The van der Waals surface area contributed by atoms with E-state index in [0.29, 0.717) is 31.5 Å². The van der Waals surface area contributed by atoms with E-state index in [9.17, 15) is 14.0 Å². The van der Waals surface area contributed by atoms with E-state index in [1.165, 1.54) is 31.4 Å². The molecule has 0 spiro atoms. The number of carbonyl (C=O) groups is 2. The van der Waals surface area contributed by atoms with Gasteiger partial charge in [0.1, 0.15) is 5.82 Å². The number of nitrogens with one attached hydrogen (secondary N) is 1. The van der Waals surface area contributed by atoms with Crippen LogP contribution in [0.1, 0.15) is 18.4 Å². The largest absolute Gasteiger partial charge is 0.466 e. The maximum Gasteiger partial charge on any atom is 0.330 e. The van der Waals surface area contributed by atoms with Crippen LogP contribution in [0, 0.1) is 11.7 Å². The number of halogens is 1. The Kier molecular flexibility index (Phi) is 6.06. The van der Waals surface area contributed by atoms with E-state index in [-0.39, 0.29) is 24.3 Å². The van der Waals surface area contributed by atoms with Gasteiger partial charge in [-0.15, -0.1) is 0 Å². The Bertz CT molecular complexity index is 1020. The van der Waals surface area contributed by atoms with E-state index in [2.05, 4.69) is 15.0 Å². The topological polar surface area (TPSA) is 77.1 Å². The number of methoxy groups -OCH3 is 1. The first-order chi connectivity index (χ1) is 15.0. The van der Waals surface area contributed by atoms with Gasteiger partial charge in [-0.25, -0.2) is 9.18 Å². The van der Waals surface area contributed by atoms with Gasteiger partial charge in [0.05, 0.1) is 12.8 Å². The lowest BCUT2D eigenvalue weighted by Gasteiger charge is -2.33. The number of ether oxygens (including phenoxy) is 3. The third-order valence-electron chi connectivity index (χ3n) is 5.48. The van der Waals surface area contributed by atoms with Gasteiger partial charge in [-0.1, -0.05) is 12.1 Å². The monoisotopic (exact) mass is 426 g/mol. The molecule has 4 rings (SSSR count). The summed E-state index contributed by atoms with van der Waals surface area (Å²) in [4.78, 5) is 26.4. The molecule has 0 saturated carbocycles. The molecule has 7 nitrogen and oxygen atoms in total. The number of carbonyl (C=O) groups excluding carboxylic acids is 2. The minimum absolute atomic E-state index is 0.0610. The van der Waals surface area contributed by atoms with E-state index in [0.717, 1.165) is 17.2 Å². The Morgan fingerprint density at radius 2 is 1.94 bits per heavy atom. The van der Waals surface area contributed by atoms with Crippen LogP contribution in [0.2, 0.25) is 0 Å². The third kappa shape index (κ3) is 4.63. The number of anilines is 2. The molecule has 1 fully saturated rings. The molecule has 162 valence electrons. The van der Waals surface area contributed by atoms with Crippen molar-refractivity contribution < 1.29 is 28.2 Å². The summed E-state index contributed by atoms with van der Waals surface area (Å²) in [5.74, 6) is -0.120. The maximum absolute atomic E-state index is 14.4. The van der Waals surface area contributed by atoms with Crippen molar-refractivity contribution >= 4 is 29.3 Å². The zero-order valence-corrected chi connectivity index (χ0v) is 17.1. The van der Waals surface area contributed by atoms with Gasteiger partial charge in [0, 0.05) is 42.4 Å². The van der Waals surface area contributed by atoms with Crippen molar-refractivity contribution in [3.8, 4) is 11.5 Å². The summed E-state index contributed by atoms with van der Waals surface area (Å²) in [6, 6.07) is 10.2. The predicted molar refractivity (Wildman–Crippen MR) is 114 cm³/mol. The highest BCUT2D eigenvalue weighted by Gasteiger charge is 2.27. The Morgan fingerprint density at radius 3 is 2.71 bits per heavy atom. The van der Waals surface area contributed by atoms with Crippen molar-refractivity contribution in [1.82, 2.24) is 0 Å². The van der Waals surface area contributed by atoms with Gasteiger partial charge in [0.2, 0.25) is 12.7 Å². The number of nitrogens with zero attached hydrogens (tertiary/aromatic N) is 1. The van der Waals surface area contributed by atoms with Gasteiger partial charge in [0.25, 0.3) is 0 Å². The predicted octanol–water partition coefficient (Wildman–Crippen LogP) is 3.60. The second kappa shape index (κ2) is 9.07. The summed E-state index contributed by atoms with van der Waals surface area (Å²) in [7, 11) is 1.26. The Labute approximate surface area is 179 Å². The molecule has 0 bridgehead atoms. The summed E-state index contributed by atoms with van der Waals surface area (Å²) in [5.41, 5.74) is 1.48. The first kappa shape index (κ1) is 20.7. The van der Waals surface area contributed by atoms with Crippen LogP contribution < -0.4 is 19.7 Å². The summed E-state index contributed by atoms with van der Waals surface area (Å²) < 4.78 is 29.7. The van der Waals surface area contributed by atoms with Gasteiger partial charge in [-0.2, -0.15) is 0 Å². The van der Waals surface area contributed by atoms with E-state index < -0.39 is 11.8 Å². The zero-order chi connectivity index (χ0) is 21.8. The lowest BCUT2D eigenvalue weighted by molar-refractivity contribution is -0.134. The number of benzene rings is 2. The molecule has 0 aliphatic carbocycles. The highest BCUT2D eigenvalue weighted by Crippen LogP contribution is 2.36. The van der Waals surface area contributed by atoms with Crippen LogP contribution in [0.5, 0.6) is 11.5 Å². The molecule has 2 aromatic rings. The molecule has 0 unspecified atom stereocenters. The Balaban J connectivity index is 1.39. The van der Waals surface area contributed by atoms with Crippen LogP contribution in [0.4, 0.5) is 15.8 Å². The van der Waals surface area contributed by atoms with Crippen molar-refractivity contribution in [1.29, 1.82) is 0 Å². The van der Waals surface area contributed by atoms with Crippen LogP contribution in [0.3, 0.4) is 0 Å². The smallest absolute Gasteiger partial charge is 0.330 e. The minimum atomic E-state index is -0.558. The van der Waals surface area contributed by atoms with Crippen LogP contribution in [-0.2, 0) is 14.3 Å². The number of hydrogen-bond donors (Lipinski definition) is 1. The lowest BCUT2D eigenvalue weighted by Crippen LogP contribution is -2.38. The molecule has 0 atom stereocenters. The van der Waals surface area contributed by atoms with Gasteiger partial charge in [0.15, 0.2) is 11.5 Å². The van der Waals surface area contributed by atoms with Crippen molar-refractivity contribution in [3.63, 3.8) is 0 Å². The molecule has 0 aromatic heterocycles. The highest BCUT2D eigenvalue weighted by atomic mass is 19.1. The molecule has 1 saturated heterocycles. The maximum atomic E-state index is 14.4. The first-order valence-corrected chi connectivity index (χ1v) is 10.0. The number of piperidine rings is 1. The molecule has 8 heteroatoms. The number of rotatable bonds is 5. The van der Waals surface area contributed by atoms with Crippen LogP contribution in [0.25, 0.3) is 6.08 Å². The van der Waals surface area contributed by atoms with E-state index >= 15 is 0 Å². The van der Waals surface area contributed by atoms with Crippen LogP contribution in [-0.4, -0.2) is 38.9 Å². The van der Waals surface area contributed by atoms with Crippen molar-refractivity contribution in [2.24, 2.45) is 5.92 Å². The van der Waals surface area contributed by atoms with Crippen molar-refractivity contribution in [2.75, 3.05) is 37.2 Å². The summed E-state index contributed by atoms with van der Waals surface area (Å²) >= 11 is 0. The molecule has 31 heavy (non-hydrogen) atoms. The number of hydrogen-bond acceptors (Lipinski definition) is 6. The van der Waals surface area contributed by atoms with Gasteiger partial charge >= 0.3 is 5.97 Å². The summed E-state index contributed by atoms with van der Waals surface area (Å²) in [6.45, 7) is 1.63. The minimum Gasteiger partial charge on any atom is -0.466 e. The molecule has 2 aliphatic rings. The van der Waals surface area contributed by atoms with Crippen LogP contribution >= 0.6 is 0 Å². The number of fused-ring (bicyclic) bond motifs is 1. The quantitative estimate of drug-likeness (QED) is 0.582. The standard InChI is InChI=1S/C23H23FN2O5/c1-29-21(27)8-5-15-3-2-4-18(24)22(15)25-23(28)16-9-11-26(12-10-16)17-6-7-19-20(13-17)31-14-30-19/h2-8,13,16H,9-12,14H2,1H3,(H,25,28). The Hall–Kier alpha value is -3.55. The molecule has 1 amide bonds. The normalized spacial score (nSPS) is 15.9. The van der Waals surface area contributed by atoms with E-state index in [1.807, 2.05) is 18.2 Å². The fourth-order valence-corrected chi connectivity index (χ4v) is 3.74. The SMILES string of the molecule is COC(=O)C=Cc1cccc(F)c1NC(=O)C1CCN(c2ccc3c(c2)OCO3)CC1. The average Bonchev–Trinajstić information content (AvgIpc) is 3.27. The van der Waals surface area contributed by atoms with Gasteiger partial charge in [-0.05, 0) is 37.1 Å². The summed E-state index contributed by atoms with van der Waals surface area (Å²) in [6.07, 6.45) is 3.89. The second-order valence-corrected chi connectivity index (χ2v) is 7.35. The highest BCUT2D eigenvalue weighted by molar-refractivity contribution is 5.96. The first-order valence-electron chi connectivity index (χ1n) is 10.0. The van der Waals surface area contributed by atoms with Crippen LogP contribution in [0.15, 0.2) is 42.5 Å². The average molecular weight is 426 g/mol. The summed E-state index contributed by atoms with van der Waals surface area (Å²) in [5, 5.41) is 2.71. The molecular weight excluding hydrogens is 403 g/mol. The molecule has 2 heterocycles. The number of para-hydroxylation sites is 1. The van der Waals surface area contributed by atoms with Gasteiger partial charge in [-0.3, -0.25) is 4.79 Å². The molecule has 0 radical (unpaired) electrons. The van der Waals surface area contributed by atoms with E-state index in [4.69, 9.17) is 9.47 Å². The Morgan fingerprint density at radius 1 is 1.16 bits per heavy atom. The third-order valence-corrected chi connectivity index (χ3v) is 5.48. The fourth-order valence-electron chi connectivity index (χ4n) is 3.74.